The lowest BCUT2D eigenvalue weighted by Crippen LogP contribution is -2.07. The second-order valence-corrected chi connectivity index (χ2v) is 5.83. The number of carbonyl (C=O) groups is 1. The molecule has 0 unspecified atom stereocenters. The summed E-state index contributed by atoms with van der Waals surface area (Å²) >= 11 is 0. The van der Waals surface area contributed by atoms with Crippen LogP contribution in [0.4, 0.5) is 13.2 Å². The lowest BCUT2D eigenvalue weighted by atomic mass is 10.0. The van der Waals surface area contributed by atoms with Gasteiger partial charge in [0.05, 0.1) is 10.5 Å². The van der Waals surface area contributed by atoms with Gasteiger partial charge in [0.25, 0.3) is 10.1 Å². The van der Waals surface area contributed by atoms with Crippen molar-refractivity contribution in [2.45, 2.75) is 11.1 Å². The van der Waals surface area contributed by atoms with Gasteiger partial charge in [0.15, 0.2) is 5.78 Å². The van der Waals surface area contributed by atoms with Crippen LogP contribution in [0.5, 0.6) is 0 Å². The van der Waals surface area contributed by atoms with E-state index in [1.165, 1.54) is 12.1 Å². The van der Waals surface area contributed by atoms with Crippen LogP contribution in [0.15, 0.2) is 53.4 Å². The van der Waals surface area contributed by atoms with Crippen molar-refractivity contribution in [1.29, 1.82) is 0 Å². The van der Waals surface area contributed by atoms with Gasteiger partial charge in [0.1, 0.15) is 0 Å². The van der Waals surface area contributed by atoms with Crippen molar-refractivity contribution in [2.75, 3.05) is 0 Å². The van der Waals surface area contributed by atoms with Crippen LogP contribution in [0.1, 0.15) is 21.5 Å². The highest BCUT2D eigenvalue weighted by Gasteiger charge is 2.30. The van der Waals surface area contributed by atoms with Gasteiger partial charge in [0, 0.05) is 11.1 Å². The zero-order valence-corrected chi connectivity index (χ0v) is 11.6. The van der Waals surface area contributed by atoms with Gasteiger partial charge >= 0.3 is 6.18 Å². The van der Waals surface area contributed by atoms with Gasteiger partial charge in [-0.1, -0.05) is 12.1 Å². The van der Waals surface area contributed by atoms with Crippen molar-refractivity contribution in [2.24, 2.45) is 0 Å². The molecule has 0 aliphatic rings. The number of hydrogen-bond acceptors (Lipinski definition) is 3. The monoisotopic (exact) mass is 330 g/mol. The third kappa shape index (κ3) is 3.52. The number of halogens is 3. The van der Waals surface area contributed by atoms with Crippen LogP contribution in [0.3, 0.4) is 0 Å². The Hall–Kier alpha value is -2.19. The summed E-state index contributed by atoms with van der Waals surface area (Å²) in [4.78, 5) is 11.7. The first kappa shape index (κ1) is 16.2. The maximum absolute atomic E-state index is 12.4. The molecule has 0 fully saturated rings. The average Bonchev–Trinajstić information content (AvgIpc) is 2.45. The number of benzene rings is 2. The van der Waals surface area contributed by atoms with Crippen LogP contribution in [0.2, 0.25) is 0 Å². The van der Waals surface area contributed by atoms with E-state index < -0.39 is 27.6 Å². The highest BCUT2D eigenvalue weighted by Crippen LogP contribution is 2.29. The Kier molecular flexibility index (Phi) is 4.08. The number of hydrogen-bond donors (Lipinski definition) is 1. The van der Waals surface area contributed by atoms with Gasteiger partial charge in [-0.05, 0) is 36.4 Å². The predicted molar refractivity (Wildman–Crippen MR) is 71.1 cm³/mol. The van der Waals surface area contributed by atoms with E-state index in [0.29, 0.717) is 0 Å². The van der Waals surface area contributed by atoms with E-state index >= 15 is 0 Å². The molecule has 0 radical (unpaired) electrons. The van der Waals surface area contributed by atoms with Gasteiger partial charge in [-0.15, -0.1) is 0 Å². The SMILES string of the molecule is O=C(c1ccc(C(F)(F)F)cc1)c1ccc(S(=O)(=O)O)cc1. The average molecular weight is 330 g/mol. The summed E-state index contributed by atoms with van der Waals surface area (Å²) in [5.74, 6) is -0.560. The number of carbonyl (C=O) groups excluding carboxylic acids is 1. The highest BCUT2D eigenvalue weighted by molar-refractivity contribution is 7.85. The van der Waals surface area contributed by atoms with Gasteiger partial charge in [-0.3, -0.25) is 9.35 Å². The number of ketones is 1. The van der Waals surface area contributed by atoms with Crippen LogP contribution < -0.4 is 0 Å². The Balaban J connectivity index is 2.28. The Morgan fingerprint density at radius 1 is 0.864 bits per heavy atom. The first-order valence-electron chi connectivity index (χ1n) is 5.88. The predicted octanol–water partition coefficient (Wildman–Crippen LogP) is 3.18. The first-order valence-corrected chi connectivity index (χ1v) is 7.32. The molecule has 0 aromatic heterocycles. The van der Waals surface area contributed by atoms with Gasteiger partial charge in [-0.25, -0.2) is 0 Å². The smallest absolute Gasteiger partial charge is 0.289 e. The summed E-state index contributed by atoms with van der Waals surface area (Å²) < 4.78 is 67.9. The second-order valence-electron chi connectivity index (χ2n) is 4.40. The molecule has 0 spiro atoms. The molecule has 4 nitrogen and oxygen atoms in total. The standard InChI is InChI=1S/C14H9F3O4S/c15-14(16,17)11-5-1-9(2-6-11)13(18)10-3-7-12(8-4-10)22(19,20)21/h1-8H,(H,19,20,21). The summed E-state index contributed by atoms with van der Waals surface area (Å²) in [6.45, 7) is 0. The molecule has 8 heteroatoms. The van der Waals surface area contributed by atoms with E-state index in [9.17, 15) is 26.4 Å². The maximum atomic E-state index is 12.4. The molecule has 0 aliphatic heterocycles. The van der Waals surface area contributed by atoms with Crippen molar-refractivity contribution in [3.8, 4) is 0 Å². The molecule has 22 heavy (non-hydrogen) atoms. The van der Waals surface area contributed by atoms with Crippen molar-refractivity contribution < 1.29 is 30.9 Å². The fraction of sp³-hybridized carbons (Fsp3) is 0.0714. The summed E-state index contributed by atoms with van der Waals surface area (Å²) in [5, 5.41) is 0. The fourth-order valence-corrected chi connectivity index (χ4v) is 2.24. The minimum atomic E-state index is -4.49. The van der Waals surface area contributed by atoms with Crippen molar-refractivity contribution in [3.05, 3.63) is 65.2 Å². The molecule has 116 valence electrons. The molecule has 1 N–H and O–H groups in total. The Morgan fingerprint density at radius 2 is 1.27 bits per heavy atom. The quantitative estimate of drug-likeness (QED) is 0.693. The van der Waals surface area contributed by atoms with Gasteiger partial charge in [0.2, 0.25) is 0 Å². The van der Waals surface area contributed by atoms with E-state index in [4.69, 9.17) is 4.55 Å². The van der Waals surface area contributed by atoms with Gasteiger partial charge in [-0.2, -0.15) is 21.6 Å². The number of alkyl halides is 3. The molecular formula is C14H9F3O4S. The topological polar surface area (TPSA) is 71.4 Å². The lowest BCUT2D eigenvalue weighted by molar-refractivity contribution is -0.137. The third-order valence-electron chi connectivity index (χ3n) is 2.89. The molecule has 0 atom stereocenters. The summed E-state index contributed by atoms with van der Waals surface area (Å²) in [7, 11) is -4.37. The summed E-state index contributed by atoms with van der Waals surface area (Å²) in [6, 6.07) is 8.08. The van der Waals surface area contributed by atoms with Crippen molar-refractivity contribution >= 4 is 15.9 Å². The Labute approximate surface area is 124 Å². The molecular weight excluding hydrogens is 321 g/mol. The lowest BCUT2D eigenvalue weighted by Gasteiger charge is -2.07. The molecule has 0 aliphatic carbocycles. The van der Waals surface area contributed by atoms with Crippen LogP contribution in [-0.2, 0) is 16.3 Å². The molecule has 0 saturated carbocycles. The fourth-order valence-electron chi connectivity index (χ4n) is 1.76. The van der Waals surface area contributed by atoms with Crippen LogP contribution in [0.25, 0.3) is 0 Å². The van der Waals surface area contributed by atoms with Crippen molar-refractivity contribution in [1.82, 2.24) is 0 Å². The molecule has 2 aromatic rings. The molecule has 2 rings (SSSR count). The largest absolute Gasteiger partial charge is 0.416 e. The molecule has 0 amide bonds. The van der Waals surface area contributed by atoms with E-state index in [0.717, 1.165) is 36.4 Å². The minimum absolute atomic E-state index is 0.0348. The maximum Gasteiger partial charge on any atom is 0.416 e. The van der Waals surface area contributed by atoms with E-state index in [1.54, 1.807) is 0 Å². The minimum Gasteiger partial charge on any atom is -0.289 e. The summed E-state index contributed by atoms with van der Waals surface area (Å²) in [6.07, 6.45) is -4.49. The Morgan fingerprint density at radius 3 is 1.64 bits per heavy atom. The normalized spacial score (nSPS) is 12.2. The third-order valence-corrected chi connectivity index (χ3v) is 3.76. The van der Waals surface area contributed by atoms with Crippen molar-refractivity contribution in [3.63, 3.8) is 0 Å². The molecule has 2 aromatic carbocycles. The molecule has 0 heterocycles. The summed E-state index contributed by atoms with van der Waals surface area (Å²) in [5.41, 5.74) is -0.745. The van der Waals surface area contributed by atoms with Crippen LogP contribution in [0, 0.1) is 0 Å². The van der Waals surface area contributed by atoms with Crippen LogP contribution >= 0.6 is 0 Å². The van der Waals surface area contributed by atoms with Gasteiger partial charge < -0.3 is 0 Å². The zero-order valence-electron chi connectivity index (χ0n) is 10.8. The zero-order chi connectivity index (χ0) is 16.5. The van der Waals surface area contributed by atoms with E-state index in [-0.39, 0.29) is 16.0 Å². The van der Waals surface area contributed by atoms with Crippen LogP contribution in [-0.4, -0.2) is 18.8 Å². The highest BCUT2D eigenvalue weighted by atomic mass is 32.2. The van der Waals surface area contributed by atoms with E-state index in [1.807, 2.05) is 0 Å². The number of rotatable bonds is 3. The first-order chi connectivity index (χ1) is 10.1. The molecule has 0 bridgehead atoms. The molecule has 0 saturated heterocycles. The second kappa shape index (κ2) is 5.54. The Bertz CT molecular complexity index is 791. The van der Waals surface area contributed by atoms with E-state index in [2.05, 4.69) is 0 Å².